The molecule has 1 heterocycles. The number of aromatic nitrogens is 2. The van der Waals surface area contributed by atoms with Crippen LogP contribution >= 0.6 is 0 Å². The summed E-state index contributed by atoms with van der Waals surface area (Å²) in [6, 6.07) is 13.3. The molecular weight excluding hydrogens is 443 g/mol. The molecule has 172 valence electrons. The molecule has 0 aliphatic carbocycles. The zero-order valence-corrected chi connectivity index (χ0v) is 17.6. The summed E-state index contributed by atoms with van der Waals surface area (Å²) in [5.41, 5.74) is 7.43. The lowest BCUT2D eigenvalue weighted by atomic mass is 9.89. The van der Waals surface area contributed by atoms with Gasteiger partial charge in [-0.1, -0.05) is 18.2 Å². The number of phenolic OH excluding ortho intramolecular Hbond substituents is 1. The van der Waals surface area contributed by atoms with Crippen LogP contribution in [0.25, 0.3) is 33.5 Å². The number of phenols is 1. The van der Waals surface area contributed by atoms with Crippen molar-refractivity contribution in [3.63, 3.8) is 0 Å². The maximum atomic E-state index is 14.6. The molecule has 1 atom stereocenters. The number of nitrogens with zero attached hydrogens (tertiary/aromatic N) is 1. The number of benzene rings is 3. The molecule has 0 radical (unpaired) electrons. The summed E-state index contributed by atoms with van der Waals surface area (Å²) < 4.78 is 14.6. The minimum atomic E-state index is -1.44. The number of aromatic amines is 1. The van der Waals surface area contributed by atoms with Crippen molar-refractivity contribution in [2.24, 2.45) is 5.73 Å². The van der Waals surface area contributed by atoms with Gasteiger partial charge in [-0.3, -0.25) is 20.7 Å². The molecule has 0 amide bonds. The van der Waals surface area contributed by atoms with E-state index in [2.05, 4.69) is 9.97 Å². The molecule has 0 unspecified atom stereocenters. The monoisotopic (exact) mass is 463 g/mol. The third-order valence-electron chi connectivity index (χ3n) is 5.45. The fourth-order valence-corrected chi connectivity index (χ4v) is 3.76. The lowest BCUT2D eigenvalue weighted by molar-refractivity contribution is -0.145. The second kappa shape index (κ2) is 8.66. The minimum Gasteiger partial charge on any atom is -0.507 e. The molecule has 0 saturated carbocycles. The Morgan fingerprint density at radius 3 is 2.41 bits per heavy atom. The number of carboxylic acids is 2. The van der Waals surface area contributed by atoms with E-state index in [0.29, 0.717) is 16.6 Å². The number of halogens is 1. The number of hydrogen-bond donors (Lipinski definition) is 6. The number of aromatic hydroxyl groups is 1. The van der Waals surface area contributed by atoms with E-state index in [1.807, 2.05) is 0 Å². The summed E-state index contributed by atoms with van der Waals surface area (Å²) in [4.78, 5) is 30.7. The molecule has 0 fully saturated rings. The van der Waals surface area contributed by atoms with Crippen LogP contribution < -0.4 is 11.1 Å². The Labute approximate surface area is 191 Å². The van der Waals surface area contributed by atoms with Crippen LogP contribution in [-0.4, -0.2) is 43.1 Å². The van der Waals surface area contributed by atoms with E-state index in [4.69, 9.17) is 11.1 Å². The molecule has 0 spiro atoms. The second-order valence-corrected chi connectivity index (χ2v) is 7.71. The van der Waals surface area contributed by atoms with E-state index >= 15 is 0 Å². The topological polar surface area (TPSA) is 175 Å². The van der Waals surface area contributed by atoms with Crippen LogP contribution in [0.1, 0.15) is 23.5 Å². The van der Waals surface area contributed by atoms with Crippen molar-refractivity contribution in [1.82, 2.24) is 9.97 Å². The standard InChI is InChI=1S/C24H19FN4O5/c25-17-4-2-1-3-13(17)15-7-12(14(24(33)34)10-20(30)31)8-16(21(15)32)23-28-18-6-5-11(22(26)27)9-19(18)29-23/h1-9,14,32H,10H2,(H3,26,27)(H,28,29)(H,30,31)(H,33,34)/p+1/t14-/m1/s1. The largest absolute Gasteiger partial charge is 0.507 e. The van der Waals surface area contributed by atoms with Crippen LogP contribution in [-0.2, 0) is 9.59 Å². The predicted molar refractivity (Wildman–Crippen MR) is 121 cm³/mol. The van der Waals surface area contributed by atoms with Gasteiger partial charge in [-0.05, 0) is 42.0 Å². The van der Waals surface area contributed by atoms with Crippen LogP contribution in [0.2, 0.25) is 0 Å². The highest BCUT2D eigenvalue weighted by Gasteiger charge is 2.27. The highest BCUT2D eigenvalue weighted by Crippen LogP contribution is 2.41. The smallest absolute Gasteiger partial charge is 0.311 e. The van der Waals surface area contributed by atoms with E-state index in [1.165, 1.54) is 30.3 Å². The molecule has 10 heteroatoms. The van der Waals surface area contributed by atoms with E-state index in [-0.39, 0.29) is 39.7 Å². The highest BCUT2D eigenvalue weighted by atomic mass is 19.1. The molecule has 1 aromatic heterocycles. The molecule has 0 aliphatic heterocycles. The molecule has 0 aliphatic rings. The van der Waals surface area contributed by atoms with Gasteiger partial charge in [-0.25, -0.2) is 9.37 Å². The van der Waals surface area contributed by atoms with Crippen LogP contribution in [0.3, 0.4) is 0 Å². The average molecular weight is 463 g/mol. The molecule has 4 aromatic rings. The number of amidine groups is 1. The number of carboxylic acid groups (broad SMARTS) is 2. The van der Waals surface area contributed by atoms with E-state index in [0.717, 1.165) is 0 Å². The first-order valence-corrected chi connectivity index (χ1v) is 10.1. The van der Waals surface area contributed by atoms with Crippen LogP contribution in [0.5, 0.6) is 5.75 Å². The fourth-order valence-electron chi connectivity index (χ4n) is 3.76. The number of carbonyl (C=O) groups is 2. The van der Waals surface area contributed by atoms with E-state index in [9.17, 15) is 29.3 Å². The zero-order valence-electron chi connectivity index (χ0n) is 17.6. The van der Waals surface area contributed by atoms with Gasteiger partial charge < -0.3 is 20.3 Å². The first-order chi connectivity index (χ1) is 16.2. The molecule has 0 saturated heterocycles. The van der Waals surface area contributed by atoms with Crippen molar-refractivity contribution in [3.8, 4) is 28.3 Å². The Morgan fingerprint density at radius 1 is 1.06 bits per heavy atom. The Morgan fingerprint density at radius 2 is 1.76 bits per heavy atom. The number of hydrogen-bond acceptors (Lipinski definition) is 4. The van der Waals surface area contributed by atoms with Gasteiger partial charge in [0.25, 0.3) is 5.84 Å². The van der Waals surface area contributed by atoms with Crippen molar-refractivity contribution in [2.45, 2.75) is 12.3 Å². The lowest BCUT2D eigenvalue weighted by Gasteiger charge is -2.16. The minimum absolute atomic E-state index is 0.00270. The summed E-state index contributed by atoms with van der Waals surface area (Å²) in [6.07, 6.45) is -0.703. The molecule has 8 N–H and O–H groups in total. The number of imidazole rings is 1. The van der Waals surface area contributed by atoms with Gasteiger partial charge in [0.05, 0.1) is 34.5 Å². The fraction of sp³-hybridized carbons (Fsp3) is 0.0833. The van der Waals surface area contributed by atoms with Crippen molar-refractivity contribution < 1.29 is 34.7 Å². The number of nitrogens with two attached hydrogens (primary N) is 2. The normalized spacial score (nSPS) is 11.9. The Balaban J connectivity index is 1.98. The summed E-state index contributed by atoms with van der Waals surface area (Å²) in [5, 5.41) is 35.6. The summed E-state index contributed by atoms with van der Waals surface area (Å²) in [7, 11) is 0. The number of nitrogens with one attached hydrogen (secondary N) is 1. The molecule has 34 heavy (non-hydrogen) atoms. The number of fused-ring (bicyclic) bond motifs is 1. The molecule has 0 bridgehead atoms. The van der Waals surface area contributed by atoms with Crippen molar-refractivity contribution in [1.29, 1.82) is 0 Å². The molecule has 3 aromatic carbocycles. The summed E-state index contributed by atoms with van der Waals surface area (Å²) in [6.45, 7) is 0. The average Bonchev–Trinajstić information content (AvgIpc) is 3.21. The van der Waals surface area contributed by atoms with Crippen molar-refractivity contribution in [2.75, 3.05) is 0 Å². The molecular formula is C24H20FN4O5+. The van der Waals surface area contributed by atoms with Crippen molar-refractivity contribution >= 4 is 28.8 Å². The SMILES string of the molecule is NC(=[NH2+])c1ccc2nc(-c3cc([C@@H](CC(=O)O)C(=O)O)cc(-c4ccccc4F)c3O)[nH]c2c1. The Hall–Kier alpha value is -4.73. The quantitative estimate of drug-likeness (QED) is 0.179. The van der Waals surface area contributed by atoms with Gasteiger partial charge in [-0.2, -0.15) is 0 Å². The summed E-state index contributed by atoms with van der Waals surface area (Å²) in [5.74, 6) is -4.86. The first kappa shape index (κ1) is 22.5. The Kier molecular flexibility index (Phi) is 5.72. The zero-order chi connectivity index (χ0) is 24.6. The van der Waals surface area contributed by atoms with Crippen LogP contribution in [0, 0.1) is 5.82 Å². The second-order valence-electron chi connectivity index (χ2n) is 7.71. The third-order valence-corrected chi connectivity index (χ3v) is 5.45. The van der Waals surface area contributed by atoms with Gasteiger partial charge in [0, 0.05) is 11.1 Å². The maximum absolute atomic E-state index is 14.6. The van der Waals surface area contributed by atoms with Gasteiger partial charge in [0.2, 0.25) is 0 Å². The number of H-pyrrole nitrogens is 1. The lowest BCUT2D eigenvalue weighted by Crippen LogP contribution is -2.46. The summed E-state index contributed by atoms with van der Waals surface area (Å²) >= 11 is 0. The molecule has 9 nitrogen and oxygen atoms in total. The van der Waals surface area contributed by atoms with Crippen LogP contribution in [0.15, 0.2) is 54.6 Å². The number of rotatable bonds is 7. The van der Waals surface area contributed by atoms with Gasteiger partial charge in [0.1, 0.15) is 17.4 Å². The predicted octanol–water partition coefficient (Wildman–Crippen LogP) is 1.85. The molecule has 4 rings (SSSR count). The van der Waals surface area contributed by atoms with E-state index in [1.54, 1.807) is 24.3 Å². The van der Waals surface area contributed by atoms with Gasteiger partial charge in [-0.15, -0.1) is 0 Å². The van der Waals surface area contributed by atoms with Crippen molar-refractivity contribution in [3.05, 3.63) is 71.5 Å². The van der Waals surface area contributed by atoms with Gasteiger partial charge >= 0.3 is 11.9 Å². The number of aliphatic carboxylic acids is 2. The first-order valence-electron chi connectivity index (χ1n) is 10.1. The van der Waals surface area contributed by atoms with E-state index < -0.39 is 30.1 Å². The highest BCUT2D eigenvalue weighted by molar-refractivity contribution is 5.97. The third kappa shape index (κ3) is 4.16. The van der Waals surface area contributed by atoms with Gasteiger partial charge in [0.15, 0.2) is 0 Å². The van der Waals surface area contributed by atoms with Crippen LogP contribution in [0.4, 0.5) is 4.39 Å². The Bertz CT molecular complexity index is 1460. The maximum Gasteiger partial charge on any atom is 0.311 e.